The third kappa shape index (κ3) is 5.67. The van der Waals surface area contributed by atoms with Gasteiger partial charge >= 0.3 is 6.03 Å². The lowest BCUT2D eigenvalue weighted by Crippen LogP contribution is -2.50. The summed E-state index contributed by atoms with van der Waals surface area (Å²) in [6.07, 6.45) is 5.52. The van der Waals surface area contributed by atoms with Gasteiger partial charge in [-0.3, -0.25) is 15.4 Å². The van der Waals surface area contributed by atoms with Crippen molar-refractivity contribution in [3.63, 3.8) is 0 Å². The molecular weight excluding hydrogens is 290 g/mol. The van der Waals surface area contributed by atoms with Gasteiger partial charge in [0.05, 0.1) is 6.04 Å². The summed E-state index contributed by atoms with van der Waals surface area (Å²) in [6, 6.07) is 9.33. The predicted octanol–water partition coefficient (Wildman–Crippen LogP) is 2.88. The van der Waals surface area contributed by atoms with Crippen molar-refractivity contribution in [2.45, 2.75) is 64.1 Å². The molecule has 0 spiro atoms. The van der Waals surface area contributed by atoms with Gasteiger partial charge in [0.15, 0.2) is 0 Å². The van der Waals surface area contributed by atoms with Crippen LogP contribution in [0.25, 0.3) is 0 Å². The molecule has 0 unspecified atom stereocenters. The summed E-state index contributed by atoms with van der Waals surface area (Å²) in [6.45, 7) is 3.77. The summed E-state index contributed by atoms with van der Waals surface area (Å²) in [5.41, 5.74) is 1.11. The number of carbonyl (C=O) groups is 2. The highest BCUT2D eigenvalue weighted by atomic mass is 16.2. The van der Waals surface area contributed by atoms with Crippen LogP contribution >= 0.6 is 0 Å². The third-order valence-electron chi connectivity index (χ3n) is 4.37. The van der Waals surface area contributed by atoms with Crippen molar-refractivity contribution >= 4 is 11.9 Å². The number of hydrogen-bond acceptors (Lipinski definition) is 3. The van der Waals surface area contributed by atoms with Gasteiger partial charge in [-0.05, 0) is 32.3 Å². The van der Waals surface area contributed by atoms with Gasteiger partial charge in [0.25, 0.3) is 0 Å². The van der Waals surface area contributed by atoms with E-state index < -0.39 is 6.04 Å². The van der Waals surface area contributed by atoms with Crippen molar-refractivity contribution in [3.8, 4) is 0 Å². The fraction of sp³-hybridized carbons (Fsp3) is 0.556. The first-order valence-corrected chi connectivity index (χ1v) is 8.48. The molecule has 1 saturated carbocycles. The lowest BCUT2D eigenvalue weighted by molar-refractivity contribution is -0.121. The van der Waals surface area contributed by atoms with Crippen LogP contribution in [0, 0.1) is 0 Å². The topological polar surface area (TPSA) is 70.2 Å². The number of imide groups is 1. The number of urea groups is 1. The Morgan fingerprint density at radius 3 is 2.35 bits per heavy atom. The van der Waals surface area contributed by atoms with Gasteiger partial charge in [-0.25, -0.2) is 4.79 Å². The van der Waals surface area contributed by atoms with E-state index in [-0.39, 0.29) is 24.0 Å². The first kappa shape index (κ1) is 17.5. The molecule has 1 aromatic carbocycles. The molecule has 0 radical (unpaired) electrons. The van der Waals surface area contributed by atoms with Gasteiger partial charge in [-0.1, -0.05) is 49.6 Å². The zero-order valence-corrected chi connectivity index (χ0v) is 14.0. The quantitative estimate of drug-likeness (QED) is 0.782. The van der Waals surface area contributed by atoms with Crippen LogP contribution in [-0.2, 0) is 4.79 Å². The van der Waals surface area contributed by atoms with Gasteiger partial charge in [-0.2, -0.15) is 0 Å². The maximum Gasteiger partial charge on any atom is 0.321 e. The molecule has 3 amide bonds. The first-order chi connectivity index (χ1) is 11.1. The zero-order valence-electron chi connectivity index (χ0n) is 14.0. The highest BCUT2D eigenvalue weighted by Crippen LogP contribution is 2.17. The van der Waals surface area contributed by atoms with Crippen LogP contribution in [0.3, 0.4) is 0 Å². The van der Waals surface area contributed by atoms with E-state index in [1.54, 1.807) is 6.92 Å². The number of benzene rings is 1. The number of hydrogen-bond donors (Lipinski definition) is 3. The molecule has 1 aliphatic rings. The lowest BCUT2D eigenvalue weighted by atomic mass is 9.96. The SMILES string of the molecule is C[C@H](N[C@@H](C)c1ccccc1)C(=O)NC(=O)NC1CCCCC1. The molecule has 23 heavy (non-hydrogen) atoms. The Kier molecular flexibility index (Phi) is 6.59. The first-order valence-electron chi connectivity index (χ1n) is 8.48. The van der Waals surface area contributed by atoms with Crippen molar-refractivity contribution in [2.24, 2.45) is 0 Å². The molecule has 0 bridgehead atoms. The Hall–Kier alpha value is -1.88. The van der Waals surface area contributed by atoms with Crippen LogP contribution in [0.15, 0.2) is 30.3 Å². The van der Waals surface area contributed by atoms with Crippen LogP contribution in [0.1, 0.15) is 57.6 Å². The second-order valence-corrected chi connectivity index (χ2v) is 6.32. The molecule has 2 rings (SSSR count). The molecule has 0 aromatic heterocycles. The molecule has 0 heterocycles. The Labute approximate surface area is 138 Å². The number of amides is 3. The van der Waals surface area contributed by atoms with Crippen molar-refractivity contribution < 1.29 is 9.59 Å². The summed E-state index contributed by atoms with van der Waals surface area (Å²) in [5.74, 6) is -0.305. The van der Waals surface area contributed by atoms with Gasteiger partial charge < -0.3 is 5.32 Å². The summed E-state index contributed by atoms with van der Waals surface area (Å²) in [7, 11) is 0. The third-order valence-corrected chi connectivity index (χ3v) is 4.37. The molecule has 0 saturated heterocycles. The number of nitrogens with one attached hydrogen (secondary N) is 3. The molecule has 3 N–H and O–H groups in total. The largest absolute Gasteiger partial charge is 0.335 e. The summed E-state index contributed by atoms with van der Waals surface area (Å²) in [4.78, 5) is 24.0. The van der Waals surface area contributed by atoms with Crippen molar-refractivity contribution in [1.29, 1.82) is 0 Å². The standard InChI is InChI=1S/C18H27N3O2/c1-13(15-9-5-3-6-10-15)19-14(2)17(22)21-18(23)20-16-11-7-4-8-12-16/h3,5-6,9-10,13-14,16,19H,4,7-8,11-12H2,1-2H3,(H2,20,21,22,23)/t13-,14-/m0/s1. The highest BCUT2D eigenvalue weighted by Gasteiger charge is 2.20. The number of carbonyl (C=O) groups excluding carboxylic acids is 2. The average Bonchev–Trinajstić information content (AvgIpc) is 2.56. The molecule has 5 heteroatoms. The highest BCUT2D eigenvalue weighted by molar-refractivity contribution is 5.96. The smallest absolute Gasteiger partial charge is 0.321 e. The average molecular weight is 317 g/mol. The maximum absolute atomic E-state index is 12.1. The molecule has 5 nitrogen and oxygen atoms in total. The summed E-state index contributed by atoms with van der Waals surface area (Å²) >= 11 is 0. The van der Waals surface area contributed by atoms with E-state index in [2.05, 4.69) is 16.0 Å². The van der Waals surface area contributed by atoms with E-state index in [0.717, 1.165) is 31.2 Å². The number of rotatable bonds is 5. The second kappa shape index (κ2) is 8.67. The molecule has 1 aliphatic carbocycles. The van der Waals surface area contributed by atoms with E-state index >= 15 is 0 Å². The van der Waals surface area contributed by atoms with E-state index in [9.17, 15) is 9.59 Å². The van der Waals surface area contributed by atoms with Gasteiger partial charge in [0.2, 0.25) is 5.91 Å². The molecular formula is C18H27N3O2. The lowest BCUT2D eigenvalue weighted by Gasteiger charge is -2.24. The Morgan fingerprint density at radius 2 is 1.70 bits per heavy atom. The van der Waals surface area contributed by atoms with Gasteiger partial charge in [-0.15, -0.1) is 0 Å². The minimum absolute atomic E-state index is 0.0401. The van der Waals surface area contributed by atoms with E-state index in [1.807, 2.05) is 37.3 Å². The minimum Gasteiger partial charge on any atom is -0.335 e. The van der Waals surface area contributed by atoms with Crippen molar-refractivity contribution in [1.82, 2.24) is 16.0 Å². The molecule has 1 aromatic rings. The van der Waals surface area contributed by atoms with E-state index in [0.29, 0.717) is 0 Å². The van der Waals surface area contributed by atoms with Crippen LogP contribution in [0.5, 0.6) is 0 Å². The van der Waals surface area contributed by atoms with Crippen LogP contribution < -0.4 is 16.0 Å². The predicted molar refractivity (Wildman–Crippen MR) is 91.0 cm³/mol. The van der Waals surface area contributed by atoms with Gasteiger partial charge in [0, 0.05) is 12.1 Å². The van der Waals surface area contributed by atoms with Crippen molar-refractivity contribution in [3.05, 3.63) is 35.9 Å². The molecule has 1 fully saturated rings. The fourth-order valence-electron chi connectivity index (χ4n) is 2.98. The molecule has 2 atom stereocenters. The van der Waals surface area contributed by atoms with Crippen LogP contribution in [0.4, 0.5) is 4.79 Å². The van der Waals surface area contributed by atoms with E-state index in [4.69, 9.17) is 0 Å². The van der Waals surface area contributed by atoms with Crippen LogP contribution in [-0.4, -0.2) is 24.0 Å². The zero-order chi connectivity index (χ0) is 16.7. The summed E-state index contributed by atoms with van der Waals surface area (Å²) < 4.78 is 0. The monoisotopic (exact) mass is 317 g/mol. The van der Waals surface area contributed by atoms with E-state index in [1.165, 1.54) is 6.42 Å². The molecule has 0 aliphatic heterocycles. The Balaban J connectivity index is 1.76. The Bertz CT molecular complexity index is 512. The fourth-order valence-corrected chi connectivity index (χ4v) is 2.98. The van der Waals surface area contributed by atoms with Gasteiger partial charge in [0.1, 0.15) is 0 Å². The second-order valence-electron chi connectivity index (χ2n) is 6.32. The summed E-state index contributed by atoms with van der Waals surface area (Å²) in [5, 5.41) is 8.54. The normalized spacial score (nSPS) is 18.0. The maximum atomic E-state index is 12.1. The molecule has 126 valence electrons. The minimum atomic E-state index is -0.442. The van der Waals surface area contributed by atoms with Crippen molar-refractivity contribution in [2.75, 3.05) is 0 Å². The van der Waals surface area contributed by atoms with Crippen LogP contribution in [0.2, 0.25) is 0 Å². The Morgan fingerprint density at radius 1 is 1.04 bits per heavy atom.